The van der Waals surface area contributed by atoms with Gasteiger partial charge in [-0.3, -0.25) is 0 Å². The number of benzene rings is 1. The van der Waals surface area contributed by atoms with E-state index in [-0.39, 0.29) is 0 Å². The number of anilines is 2. The summed E-state index contributed by atoms with van der Waals surface area (Å²) in [7, 11) is 2.12. The smallest absolute Gasteiger partial charge is 0.161 e. The van der Waals surface area contributed by atoms with Crippen LogP contribution in [-0.4, -0.2) is 23.6 Å². The van der Waals surface area contributed by atoms with Gasteiger partial charge in [-0.05, 0) is 44.0 Å². The third kappa shape index (κ3) is 1.93. The van der Waals surface area contributed by atoms with Crippen molar-refractivity contribution < 1.29 is 0 Å². The standard InChI is InChI=1S/C15H18N4/c1-9-10(2)17-15(18-14(9)16)12-4-5-13-11(8-12)6-7-19(13)3/h4-5,8H,6-7H2,1-3H3,(H2,16,17,18). The molecule has 0 unspecified atom stereocenters. The van der Waals surface area contributed by atoms with E-state index in [1.54, 1.807) is 0 Å². The van der Waals surface area contributed by atoms with E-state index in [0.29, 0.717) is 5.82 Å². The monoisotopic (exact) mass is 254 g/mol. The average Bonchev–Trinajstić information content (AvgIpc) is 2.76. The molecule has 0 atom stereocenters. The Hall–Kier alpha value is -2.10. The van der Waals surface area contributed by atoms with Crippen molar-refractivity contribution in [1.29, 1.82) is 0 Å². The highest BCUT2D eigenvalue weighted by atomic mass is 15.1. The maximum Gasteiger partial charge on any atom is 0.161 e. The van der Waals surface area contributed by atoms with E-state index in [4.69, 9.17) is 5.73 Å². The average molecular weight is 254 g/mol. The zero-order chi connectivity index (χ0) is 13.6. The third-order valence-corrected chi connectivity index (χ3v) is 3.89. The first-order valence-electron chi connectivity index (χ1n) is 6.51. The summed E-state index contributed by atoms with van der Waals surface area (Å²) in [4.78, 5) is 11.2. The Morgan fingerprint density at radius 3 is 2.74 bits per heavy atom. The van der Waals surface area contributed by atoms with Crippen LogP contribution in [0, 0.1) is 13.8 Å². The minimum atomic E-state index is 0.570. The van der Waals surface area contributed by atoms with E-state index in [2.05, 4.69) is 40.1 Å². The molecule has 98 valence electrons. The fourth-order valence-corrected chi connectivity index (χ4v) is 2.49. The molecule has 0 spiro atoms. The molecule has 4 nitrogen and oxygen atoms in total. The zero-order valence-corrected chi connectivity index (χ0v) is 11.6. The van der Waals surface area contributed by atoms with Crippen LogP contribution in [0.15, 0.2) is 18.2 Å². The fourth-order valence-electron chi connectivity index (χ4n) is 2.49. The summed E-state index contributed by atoms with van der Waals surface area (Å²) in [5.41, 5.74) is 11.6. The molecule has 0 radical (unpaired) electrons. The molecule has 0 bridgehead atoms. The summed E-state index contributed by atoms with van der Waals surface area (Å²) in [5.74, 6) is 1.29. The second-order valence-electron chi connectivity index (χ2n) is 5.16. The van der Waals surface area contributed by atoms with Gasteiger partial charge in [0.2, 0.25) is 0 Å². The molecular weight excluding hydrogens is 236 g/mol. The van der Waals surface area contributed by atoms with Crippen molar-refractivity contribution in [3.05, 3.63) is 35.0 Å². The Bertz CT molecular complexity index is 626. The van der Waals surface area contributed by atoms with Crippen molar-refractivity contribution in [3.8, 4) is 11.4 Å². The lowest BCUT2D eigenvalue weighted by molar-refractivity contribution is 0.956. The molecule has 0 amide bonds. The van der Waals surface area contributed by atoms with Crippen molar-refractivity contribution in [2.75, 3.05) is 24.2 Å². The van der Waals surface area contributed by atoms with Crippen molar-refractivity contribution in [3.63, 3.8) is 0 Å². The maximum absolute atomic E-state index is 5.93. The van der Waals surface area contributed by atoms with Gasteiger partial charge in [-0.25, -0.2) is 9.97 Å². The Morgan fingerprint density at radius 2 is 2.00 bits per heavy atom. The van der Waals surface area contributed by atoms with Crippen LogP contribution in [0.3, 0.4) is 0 Å². The molecule has 1 aromatic heterocycles. The summed E-state index contributed by atoms with van der Waals surface area (Å²) in [6.07, 6.45) is 1.08. The molecule has 0 saturated heterocycles. The summed E-state index contributed by atoms with van der Waals surface area (Å²) in [5, 5.41) is 0. The van der Waals surface area contributed by atoms with Crippen LogP contribution in [0.25, 0.3) is 11.4 Å². The number of nitrogen functional groups attached to an aromatic ring is 1. The van der Waals surface area contributed by atoms with Gasteiger partial charge in [0.25, 0.3) is 0 Å². The van der Waals surface area contributed by atoms with Crippen molar-refractivity contribution in [2.24, 2.45) is 0 Å². The number of aryl methyl sites for hydroxylation is 1. The number of hydrogen-bond donors (Lipinski definition) is 1. The molecule has 0 saturated carbocycles. The molecule has 1 aromatic carbocycles. The molecule has 0 fully saturated rings. The molecule has 1 aliphatic rings. The number of likely N-dealkylation sites (N-methyl/N-ethyl adjacent to an activating group) is 1. The van der Waals surface area contributed by atoms with E-state index in [9.17, 15) is 0 Å². The Balaban J connectivity index is 2.08. The zero-order valence-electron chi connectivity index (χ0n) is 11.6. The summed E-state index contributed by atoms with van der Waals surface area (Å²) in [6, 6.07) is 6.40. The molecule has 2 heterocycles. The van der Waals surface area contributed by atoms with Crippen LogP contribution in [-0.2, 0) is 6.42 Å². The topological polar surface area (TPSA) is 55.0 Å². The van der Waals surface area contributed by atoms with Crippen LogP contribution < -0.4 is 10.6 Å². The second-order valence-corrected chi connectivity index (χ2v) is 5.16. The minimum Gasteiger partial charge on any atom is -0.383 e. The number of aromatic nitrogens is 2. The number of hydrogen-bond acceptors (Lipinski definition) is 4. The van der Waals surface area contributed by atoms with Crippen LogP contribution >= 0.6 is 0 Å². The van der Waals surface area contributed by atoms with E-state index >= 15 is 0 Å². The summed E-state index contributed by atoms with van der Waals surface area (Å²) >= 11 is 0. The van der Waals surface area contributed by atoms with Gasteiger partial charge in [0.1, 0.15) is 5.82 Å². The normalized spacial score (nSPS) is 13.7. The number of nitrogens with two attached hydrogens (primary N) is 1. The SMILES string of the molecule is Cc1nc(-c2ccc3c(c2)CCN3C)nc(N)c1C. The van der Waals surface area contributed by atoms with Crippen LogP contribution in [0.4, 0.5) is 11.5 Å². The molecule has 3 rings (SSSR count). The number of fused-ring (bicyclic) bond motifs is 1. The van der Waals surface area contributed by atoms with E-state index in [1.807, 2.05) is 13.8 Å². The van der Waals surface area contributed by atoms with Gasteiger partial charge in [0, 0.05) is 36.1 Å². The van der Waals surface area contributed by atoms with Crippen LogP contribution in [0.2, 0.25) is 0 Å². The second kappa shape index (κ2) is 4.23. The van der Waals surface area contributed by atoms with Crippen LogP contribution in [0.1, 0.15) is 16.8 Å². The van der Waals surface area contributed by atoms with Gasteiger partial charge >= 0.3 is 0 Å². The van der Waals surface area contributed by atoms with Gasteiger partial charge in [-0.2, -0.15) is 0 Å². The number of nitrogens with zero attached hydrogens (tertiary/aromatic N) is 3. The summed E-state index contributed by atoms with van der Waals surface area (Å²) < 4.78 is 0. The Kier molecular flexibility index (Phi) is 2.66. The predicted octanol–water partition coefficient (Wildman–Crippen LogP) is 2.33. The highest BCUT2D eigenvalue weighted by Gasteiger charge is 2.17. The van der Waals surface area contributed by atoms with E-state index in [0.717, 1.165) is 35.6 Å². The van der Waals surface area contributed by atoms with E-state index < -0.39 is 0 Å². The Morgan fingerprint density at radius 1 is 1.21 bits per heavy atom. The molecule has 19 heavy (non-hydrogen) atoms. The van der Waals surface area contributed by atoms with Gasteiger partial charge in [0.05, 0.1) is 0 Å². The highest BCUT2D eigenvalue weighted by Crippen LogP contribution is 2.30. The van der Waals surface area contributed by atoms with Gasteiger partial charge in [-0.15, -0.1) is 0 Å². The maximum atomic E-state index is 5.93. The third-order valence-electron chi connectivity index (χ3n) is 3.89. The Labute approximate surface area is 113 Å². The largest absolute Gasteiger partial charge is 0.383 e. The molecular formula is C15H18N4. The molecule has 4 heteroatoms. The van der Waals surface area contributed by atoms with Crippen molar-refractivity contribution in [2.45, 2.75) is 20.3 Å². The quantitative estimate of drug-likeness (QED) is 0.848. The van der Waals surface area contributed by atoms with E-state index in [1.165, 1.54) is 11.3 Å². The molecule has 2 aromatic rings. The first-order valence-corrected chi connectivity index (χ1v) is 6.51. The van der Waals surface area contributed by atoms with Crippen molar-refractivity contribution in [1.82, 2.24) is 9.97 Å². The first-order chi connectivity index (χ1) is 9.06. The predicted molar refractivity (Wildman–Crippen MR) is 78.3 cm³/mol. The lowest BCUT2D eigenvalue weighted by Crippen LogP contribution is -2.12. The lowest BCUT2D eigenvalue weighted by Gasteiger charge is -2.12. The van der Waals surface area contributed by atoms with Gasteiger partial charge in [-0.1, -0.05) is 0 Å². The highest BCUT2D eigenvalue weighted by molar-refractivity contribution is 5.67. The molecule has 2 N–H and O–H groups in total. The number of rotatable bonds is 1. The molecule has 0 aliphatic carbocycles. The van der Waals surface area contributed by atoms with Crippen molar-refractivity contribution >= 4 is 11.5 Å². The first kappa shape index (κ1) is 12.0. The van der Waals surface area contributed by atoms with Gasteiger partial charge < -0.3 is 10.6 Å². The molecule has 1 aliphatic heterocycles. The minimum absolute atomic E-state index is 0.570. The lowest BCUT2D eigenvalue weighted by atomic mass is 10.1. The van der Waals surface area contributed by atoms with Crippen LogP contribution in [0.5, 0.6) is 0 Å². The summed E-state index contributed by atoms with van der Waals surface area (Å²) in [6.45, 7) is 5.00. The fraction of sp³-hybridized carbons (Fsp3) is 0.333. The van der Waals surface area contributed by atoms with Gasteiger partial charge in [0.15, 0.2) is 5.82 Å².